The largest absolute Gasteiger partial charge is 0.361 e. The summed E-state index contributed by atoms with van der Waals surface area (Å²) in [7, 11) is 3.89. The van der Waals surface area contributed by atoms with Crippen LogP contribution in [0.3, 0.4) is 0 Å². The molecule has 12 heavy (non-hydrogen) atoms. The highest BCUT2D eigenvalue weighted by Gasteiger charge is 1.99. The van der Waals surface area contributed by atoms with E-state index in [9.17, 15) is 0 Å². The quantitative estimate of drug-likeness (QED) is 0.602. The van der Waals surface area contributed by atoms with Crippen molar-refractivity contribution in [1.82, 2.24) is 19.8 Å². The average Bonchev–Trinajstić information content (AvgIpc) is 2.49. The molecular formula is C7H9N5. The molecule has 2 heterocycles. The van der Waals surface area contributed by atoms with Gasteiger partial charge in [0.25, 0.3) is 0 Å². The lowest BCUT2D eigenvalue weighted by atomic mass is 10.5. The fourth-order valence-electron chi connectivity index (χ4n) is 0.957. The first kappa shape index (κ1) is 7.02. The molecule has 0 aliphatic carbocycles. The summed E-state index contributed by atoms with van der Waals surface area (Å²) in [5.41, 5.74) is 0.764. The molecule has 0 radical (unpaired) electrons. The van der Waals surface area contributed by atoms with E-state index in [2.05, 4.69) is 15.3 Å². The van der Waals surface area contributed by atoms with Crippen LogP contribution in [0.25, 0.3) is 5.65 Å². The van der Waals surface area contributed by atoms with Gasteiger partial charge in [-0.2, -0.15) is 4.52 Å². The van der Waals surface area contributed by atoms with Crippen molar-refractivity contribution in [2.75, 3.05) is 19.0 Å². The number of aromatic nitrogens is 4. The summed E-state index contributed by atoms with van der Waals surface area (Å²) in [4.78, 5) is 1.93. The van der Waals surface area contributed by atoms with Crippen molar-refractivity contribution in [2.24, 2.45) is 0 Å². The lowest BCUT2D eigenvalue weighted by Gasteiger charge is -2.09. The normalized spacial score (nSPS) is 10.5. The van der Waals surface area contributed by atoms with Gasteiger partial charge in [0.05, 0.1) is 0 Å². The van der Waals surface area contributed by atoms with Crippen molar-refractivity contribution < 1.29 is 0 Å². The van der Waals surface area contributed by atoms with E-state index < -0.39 is 0 Å². The molecular weight excluding hydrogens is 154 g/mol. The highest BCUT2D eigenvalue weighted by molar-refractivity contribution is 5.43. The minimum atomic E-state index is 0.764. The predicted molar refractivity (Wildman–Crippen MR) is 45.1 cm³/mol. The van der Waals surface area contributed by atoms with Gasteiger partial charge in [-0.15, -0.1) is 15.3 Å². The minimum absolute atomic E-state index is 0.764. The third-order valence-electron chi connectivity index (χ3n) is 1.61. The van der Waals surface area contributed by atoms with Crippen molar-refractivity contribution in [3.63, 3.8) is 0 Å². The van der Waals surface area contributed by atoms with Gasteiger partial charge in [0.2, 0.25) is 0 Å². The smallest absolute Gasteiger partial charge is 0.177 e. The van der Waals surface area contributed by atoms with Crippen LogP contribution in [0.4, 0.5) is 5.82 Å². The lowest BCUT2D eigenvalue weighted by molar-refractivity contribution is 0.895. The Morgan fingerprint density at radius 3 is 2.92 bits per heavy atom. The molecule has 2 aromatic rings. The van der Waals surface area contributed by atoms with E-state index in [1.807, 2.05) is 31.1 Å². The van der Waals surface area contributed by atoms with E-state index in [0.29, 0.717) is 0 Å². The van der Waals surface area contributed by atoms with Crippen LogP contribution in [0, 0.1) is 0 Å². The molecule has 5 heteroatoms. The second-order valence-corrected chi connectivity index (χ2v) is 2.72. The Balaban J connectivity index is 2.60. The van der Waals surface area contributed by atoms with Gasteiger partial charge in [0.15, 0.2) is 5.65 Å². The maximum atomic E-state index is 4.25. The first-order valence-electron chi connectivity index (χ1n) is 3.62. The summed E-state index contributed by atoms with van der Waals surface area (Å²) < 4.78 is 1.65. The molecule has 0 saturated heterocycles. The van der Waals surface area contributed by atoms with Crippen molar-refractivity contribution in [1.29, 1.82) is 0 Å². The SMILES string of the molecule is CN(C)c1ccc2nncn2n1. The van der Waals surface area contributed by atoms with E-state index >= 15 is 0 Å². The molecule has 0 atom stereocenters. The Bertz CT molecular complexity index is 391. The van der Waals surface area contributed by atoms with Gasteiger partial charge in [0.1, 0.15) is 12.1 Å². The molecule has 0 spiro atoms. The second kappa shape index (κ2) is 2.44. The maximum Gasteiger partial charge on any atom is 0.177 e. The molecule has 0 fully saturated rings. The fourth-order valence-corrected chi connectivity index (χ4v) is 0.957. The van der Waals surface area contributed by atoms with Gasteiger partial charge in [-0.3, -0.25) is 0 Å². The van der Waals surface area contributed by atoms with E-state index in [0.717, 1.165) is 11.5 Å². The van der Waals surface area contributed by atoms with Gasteiger partial charge >= 0.3 is 0 Å². The molecule has 2 aromatic heterocycles. The molecule has 0 saturated carbocycles. The first-order chi connectivity index (χ1) is 5.77. The molecule has 0 aromatic carbocycles. The average molecular weight is 163 g/mol. The lowest BCUT2D eigenvalue weighted by Crippen LogP contribution is -2.11. The van der Waals surface area contributed by atoms with Crippen molar-refractivity contribution in [3.8, 4) is 0 Å². The monoisotopic (exact) mass is 163 g/mol. The summed E-state index contributed by atoms with van der Waals surface area (Å²) in [5.74, 6) is 0.891. The van der Waals surface area contributed by atoms with Gasteiger partial charge in [-0.1, -0.05) is 0 Å². The molecule has 0 unspecified atom stereocenters. The fraction of sp³-hybridized carbons (Fsp3) is 0.286. The Morgan fingerprint density at radius 2 is 2.17 bits per heavy atom. The topological polar surface area (TPSA) is 46.3 Å². The van der Waals surface area contributed by atoms with Crippen LogP contribution >= 0.6 is 0 Å². The summed E-state index contributed by atoms with van der Waals surface area (Å²) >= 11 is 0. The zero-order valence-electron chi connectivity index (χ0n) is 6.97. The van der Waals surface area contributed by atoms with E-state index in [1.165, 1.54) is 0 Å². The molecule has 5 nitrogen and oxygen atoms in total. The molecule has 0 aliphatic rings. The third-order valence-corrected chi connectivity index (χ3v) is 1.61. The summed E-state index contributed by atoms with van der Waals surface area (Å²) in [6.07, 6.45) is 1.59. The Kier molecular flexibility index (Phi) is 1.43. The van der Waals surface area contributed by atoms with Crippen LogP contribution < -0.4 is 4.90 Å². The van der Waals surface area contributed by atoms with Gasteiger partial charge in [0, 0.05) is 14.1 Å². The molecule has 2 rings (SSSR count). The van der Waals surface area contributed by atoms with Crippen LogP contribution in [0.5, 0.6) is 0 Å². The molecule has 0 bridgehead atoms. The standard InChI is InChI=1S/C7H9N5/c1-11(2)7-4-3-6-9-8-5-12(6)10-7/h3-5H,1-2H3. The van der Waals surface area contributed by atoms with Crippen LogP contribution in [0.15, 0.2) is 18.5 Å². The minimum Gasteiger partial charge on any atom is -0.361 e. The van der Waals surface area contributed by atoms with E-state index in [-0.39, 0.29) is 0 Å². The number of hydrogen-bond acceptors (Lipinski definition) is 4. The highest BCUT2D eigenvalue weighted by atomic mass is 15.4. The molecule has 62 valence electrons. The molecule has 0 amide bonds. The van der Waals surface area contributed by atoms with Gasteiger partial charge in [-0.25, -0.2) is 0 Å². The van der Waals surface area contributed by atoms with Gasteiger partial charge < -0.3 is 4.90 Å². The maximum absolute atomic E-state index is 4.25. The number of fused-ring (bicyclic) bond motifs is 1. The highest BCUT2D eigenvalue weighted by Crippen LogP contribution is 2.06. The number of nitrogens with zero attached hydrogens (tertiary/aromatic N) is 5. The van der Waals surface area contributed by atoms with Crippen molar-refractivity contribution >= 4 is 11.5 Å². The van der Waals surface area contributed by atoms with Crippen molar-refractivity contribution in [2.45, 2.75) is 0 Å². The second-order valence-electron chi connectivity index (χ2n) is 2.72. The Hall–Kier alpha value is -1.65. The zero-order valence-corrected chi connectivity index (χ0v) is 6.97. The summed E-state index contributed by atoms with van der Waals surface area (Å²) in [5, 5.41) is 11.8. The van der Waals surface area contributed by atoms with E-state index in [1.54, 1.807) is 10.8 Å². The first-order valence-corrected chi connectivity index (χ1v) is 3.62. The van der Waals surface area contributed by atoms with Crippen LogP contribution in [0.1, 0.15) is 0 Å². The Morgan fingerprint density at radius 1 is 1.33 bits per heavy atom. The van der Waals surface area contributed by atoms with Gasteiger partial charge in [-0.05, 0) is 12.1 Å². The summed E-state index contributed by atoms with van der Waals surface area (Å²) in [6, 6.07) is 3.79. The summed E-state index contributed by atoms with van der Waals surface area (Å²) in [6.45, 7) is 0. The third kappa shape index (κ3) is 0.990. The van der Waals surface area contributed by atoms with Crippen LogP contribution in [-0.4, -0.2) is 33.9 Å². The Labute approximate surface area is 69.6 Å². The number of hydrogen-bond donors (Lipinski definition) is 0. The van der Waals surface area contributed by atoms with Crippen LogP contribution in [0.2, 0.25) is 0 Å². The number of rotatable bonds is 1. The predicted octanol–water partition coefficient (Wildman–Crippen LogP) is 0.190. The molecule has 0 N–H and O–H groups in total. The van der Waals surface area contributed by atoms with Crippen LogP contribution in [-0.2, 0) is 0 Å². The van der Waals surface area contributed by atoms with Crippen molar-refractivity contribution in [3.05, 3.63) is 18.5 Å². The van der Waals surface area contributed by atoms with E-state index in [4.69, 9.17) is 0 Å². The zero-order chi connectivity index (χ0) is 8.55. The molecule has 0 aliphatic heterocycles. The number of anilines is 1.